The van der Waals surface area contributed by atoms with Gasteiger partial charge in [-0.25, -0.2) is 0 Å². The van der Waals surface area contributed by atoms with E-state index in [0.29, 0.717) is 0 Å². The van der Waals surface area contributed by atoms with E-state index in [1.165, 1.54) is 38.5 Å². The van der Waals surface area contributed by atoms with E-state index < -0.39 is 0 Å². The summed E-state index contributed by atoms with van der Waals surface area (Å²) in [6, 6.07) is 12.7. The minimum absolute atomic E-state index is 0.805. The number of hydrogen-bond donors (Lipinski definition) is 1. The predicted octanol–water partition coefficient (Wildman–Crippen LogP) is 3.71. The van der Waals surface area contributed by atoms with Crippen molar-refractivity contribution in [2.24, 2.45) is 11.8 Å². The molecule has 0 radical (unpaired) electrons. The fourth-order valence-electron chi connectivity index (χ4n) is 4.50. The van der Waals surface area contributed by atoms with E-state index in [9.17, 15) is 0 Å². The van der Waals surface area contributed by atoms with Gasteiger partial charge in [0.25, 0.3) is 0 Å². The quantitative estimate of drug-likeness (QED) is 0.850. The van der Waals surface area contributed by atoms with Crippen molar-refractivity contribution in [2.75, 3.05) is 0 Å². The molecule has 3 saturated carbocycles. The first-order chi connectivity index (χ1) is 8.88. The van der Waals surface area contributed by atoms with Gasteiger partial charge in [-0.3, -0.25) is 0 Å². The molecule has 3 fully saturated rings. The van der Waals surface area contributed by atoms with Crippen molar-refractivity contribution in [1.29, 1.82) is 0 Å². The maximum Gasteiger partial charge on any atom is 0.0101 e. The van der Waals surface area contributed by atoms with Crippen molar-refractivity contribution in [2.45, 2.75) is 56.5 Å². The van der Waals surface area contributed by atoms with E-state index in [-0.39, 0.29) is 0 Å². The molecule has 0 aromatic heterocycles. The third kappa shape index (κ3) is 1.89. The molecule has 0 aliphatic heterocycles. The molecule has 0 amide bonds. The van der Waals surface area contributed by atoms with Gasteiger partial charge in [-0.15, -0.1) is 0 Å². The molecule has 3 aliphatic rings. The van der Waals surface area contributed by atoms with Crippen molar-refractivity contribution < 1.29 is 0 Å². The molecule has 1 heteroatoms. The topological polar surface area (TPSA) is 12.0 Å². The minimum Gasteiger partial charge on any atom is -0.311 e. The highest BCUT2D eigenvalue weighted by Crippen LogP contribution is 2.46. The van der Waals surface area contributed by atoms with Gasteiger partial charge in [-0.2, -0.15) is 0 Å². The maximum atomic E-state index is 3.95. The van der Waals surface area contributed by atoms with Crippen LogP contribution in [0.2, 0.25) is 0 Å². The van der Waals surface area contributed by atoms with Gasteiger partial charge >= 0.3 is 0 Å². The fourth-order valence-corrected chi connectivity index (χ4v) is 4.50. The molecule has 1 nitrogen and oxygen atoms in total. The van der Waals surface area contributed by atoms with Crippen LogP contribution >= 0.6 is 0 Å². The number of rotatable bonds is 3. The molecule has 96 valence electrons. The molecule has 2 bridgehead atoms. The van der Waals surface area contributed by atoms with Crippen LogP contribution in [0.5, 0.6) is 0 Å². The molecule has 4 rings (SSSR count). The second-order valence-electron chi connectivity index (χ2n) is 6.72. The second kappa shape index (κ2) is 4.38. The summed E-state index contributed by atoms with van der Waals surface area (Å²) in [5, 5.41) is 3.95. The van der Waals surface area contributed by atoms with Crippen molar-refractivity contribution in [1.82, 2.24) is 5.32 Å². The summed E-state index contributed by atoms with van der Waals surface area (Å²) in [6.45, 7) is 0. The molecule has 3 aliphatic carbocycles. The van der Waals surface area contributed by atoms with Crippen molar-refractivity contribution >= 4 is 0 Å². The SMILES string of the molecule is c1ccc(C2CC(NC3CC4CCC3C4)C2)cc1. The number of hydrogen-bond acceptors (Lipinski definition) is 1. The zero-order valence-electron chi connectivity index (χ0n) is 11.0. The molecule has 0 spiro atoms. The lowest BCUT2D eigenvalue weighted by Gasteiger charge is -2.40. The number of nitrogens with one attached hydrogen (secondary N) is 1. The Balaban J connectivity index is 1.30. The molecule has 1 N–H and O–H groups in total. The van der Waals surface area contributed by atoms with Gasteiger partial charge < -0.3 is 5.32 Å². The fraction of sp³-hybridized carbons (Fsp3) is 0.647. The van der Waals surface area contributed by atoms with Crippen LogP contribution in [0.25, 0.3) is 0 Å². The van der Waals surface area contributed by atoms with Crippen LogP contribution in [-0.4, -0.2) is 12.1 Å². The van der Waals surface area contributed by atoms with Gasteiger partial charge in [-0.1, -0.05) is 36.8 Å². The maximum absolute atomic E-state index is 3.95. The van der Waals surface area contributed by atoms with E-state index in [2.05, 4.69) is 35.6 Å². The third-order valence-corrected chi connectivity index (χ3v) is 5.60. The number of benzene rings is 1. The van der Waals surface area contributed by atoms with Crippen LogP contribution in [0.1, 0.15) is 50.0 Å². The summed E-state index contributed by atoms with van der Waals surface area (Å²) in [5.41, 5.74) is 1.54. The van der Waals surface area contributed by atoms with Crippen molar-refractivity contribution in [3.63, 3.8) is 0 Å². The van der Waals surface area contributed by atoms with Crippen LogP contribution < -0.4 is 5.32 Å². The Labute approximate surface area is 110 Å². The van der Waals surface area contributed by atoms with Crippen LogP contribution in [0, 0.1) is 11.8 Å². The summed E-state index contributed by atoms with van der Waals surface area (Å²) in [4.78, 5) is 0. The van der Waals surface area contributed by atoms with Gasteiger partial charge in [0.15, 0.2) is 0 Å². The number of fused-ring (bicyclic) bond motifs is 2. The lowest BCUT2D eigenvalue weighted by molar-refractivity contribution is 0.229. The largest absolute Gasteiger partial charge is 0.311 e. The standard InChI is InChI=1S/C17H23N/c1-2-4-13(5-3-1)15-10-16(11-15)18-17-9-12-6-7-14(17)8-12/h1-5,12,14-18H,6-11H2. The summed E-state index contributed by atoms with van der Waals surface area (Å²) in [7, 11) is 0. The van der Waals surface area contributed by atoms with Crippen LogP contribution in [0.4, 0.5) is 0 Å². The van der Waals surface area contributed by atoms with Gasteiger partial charge in [-0.05, 0) is 55.4 Å². The molecular weight excluding hydrogens is 218 g/mol. The Bertz CT molecular complexity index is 407. The van der Waals surface area contributed by atoms with Gasteiger partial charge in [0.05, 0.1) is 0 Å². The molecule has 3 unspecified atom stereocenters. The summed E-state index contributed by atoms with van der Waals surface area (Å²) in [6.07, 6.45) is 8.72. The molecule has 1 aromatic rings. The Kier molecular flexibility index (Phi) is 2.69. The molecule has 3 atom stereocenters. The van der Waals surface area contributed by atoms with Gasteiger partial charge in [0.2, 0.25) is 0 Å². The average Bonchev–Trinajstić information content (AvgIpc) is 2.96. The Morgan fingerprint density at radius 2 is 1.72 bits per heavy atom. The zero-order chi connectivity index (χ0) is 11.9. The molecule has 0 saturated heterocycles. The Morgan fingerprint density at radius 3 is 2.39 bits per heavy atom. The first-order valence-corrected chi connectivity index (χ1v) is 7.69. The highest BCUT2D eigenvalue weighted by molar-refractivity contribution is 5.22. The predicted molar refractivity (Wildman–Crippen MR) is 74.6 cm³/mol. The monoisotopic (exact) mass is 241 g/mol. The van der Waals surface area contributed by atoms with E-state index in [4.69, 9.17) is 0 Å². The molecule has 18 heavy (non-hydrogen) atoms. The second-order valence-corrected chi connectivity index (χ2v) is 6.72. The van der Waals surface area contributed by atoms with E-state index in [0.717, 1.165) is 29.8 Å². The lowest BCUT2D eigenvalue weighted by atomic mass is 9.75. The third-order valence-electron chi connectivity index (χ3n) is 5.60. The lowest BCUT2D eigenvalue weighted by Crippen LogP contribution is -2.47. The van der Waals surface area contributed by atoms with Crippen molar-refractivity contribution in [3.05, 3.63) is 35.9 Å². The summed E-state index contributed by atoms with van der Waals surface area (Å²) < 4.78 is 0. The molecule has 1 aromatic carbocycles. The zero-order valence-corrected chi connectivity index (χ0v) is 11.0. The Morgan fingerprint density at radius 1 is 0.889 bits per heavy atom. The van der Waals surface area contributed by atoms with E-state index >= 15 is 0 Å². The molecular formula is C17H23N. The van der Waals surface area contributed by atoms with Gasteiger partial charge in [0, 0.05) is 12.1 Å². The smallest absolute Gasteiger partial charge is 0.0101 e. The van der Waals surface area contributed by atoms with Crippen LogP contribution in [0.3, 0.4) is 0 Å². The first kappa shape index (κ1) is 11.0. The minimum atomic E-state index is 0.805. The van der Waals surface area contributed by atoms with Crippen LogP contribution in [0.15, 0.2) is 30.3 Å². The normalized spacial score (nSPS) is 41.9. The summed E-state index contributed by atoms with van der Waals surface area (Å²) >= 11 is 0. The first-order valence-electron chi connectivity index (χ1n) is 7.69. The highest BCUT2D eigenvalue weighted by atomic mass is 15.0. The van der Waals surface area contributed by atoms with Crippen LogP contribution in [-0.2, 0) is 0 Å². The highest BCUT2D eigenvalue weighted by Gasteiger charge is 2.41. The Hall–Kier alpha value is -0.820. The van der Waals surface area contributed by atoms with Gasteiger partial charge in [0.1, 0.15) is 0 Å². The summed E-state index contributed by atoms with van der Waals surface area (Å²) in [5.74, 6) is 2.91. The molecule has 0 heterocycles. The van der Waals surface area contributed by atoms with E-state index in [1.54, 1.807) is 5.56 Å². The van der Waals surface area contributed by atoms with E-state index in [1.807, 2.05) is 0 Å². The average molecular weight is 241 g/mol. The van der Waals surface area contributed by atoms with Crippen molar-refractivity contribution in [3.8, 4) is 0 Å².